The molecule has 0 amide bonds. The summed E-state index contributed by atoms with van der Waals surface area (Å²) in [6.45, 7) is 6.10. The molecule has 0 saturated heterocycles. The average molecular weight is 466 g/mol. The Labute approximate surface area is 210 Å². The van der Waals surface area contributed by atoms with Gasteiger partial charge in [-0.2, -0.15) is 5.06 Å². The molecule has 0 aromatic heterocycles. The van der Waals surface area contributed by atoms with Crippen molar-refractivity contribution < 1.29 is 5.21 Å². The lowest BCUT2D eigenvalue weighted by Gasteiger charge is -2.14. The first kappa shape index (κ1) is 28.6. The number of unbranched alkanes of at least 4 members (excludes halogenated alkanes) is 8. The Kier molecular flexibility index (Phi) is 15.7. The smallest absolute Gasteiger partial charge is 0.0238 e. The first-order valence-electron chi connectivity index (χ1n) is 14.3. The van der Waals surface area contributed by atoms with Crippen LogP contribution in [-0.4, -0.2) is 23.4 Å². The molecule has 0 bridgehead atoms. The van der Waals surface area contributed by atoms with Crippen molar-refractivity contribution in [2.24, 2.45) is 0 Å². The maximum Gasteiger partial charge on any atom is 0.0238 e. The molecule has 190 valence electrons. The number of hydrogen-bond donors (Lipinski definition) is 1. The van der Waals surface area contributed by atoms with Crippen LogP contribution in [0.25, 0.3) is 0 Å². The summed E-state index contributed by atoms with van der Waals surface area (Å²) in [4.78, 5) is 0. The van der Waals surface area contributed by atoms with Crippen LogP contribution in [0.2, 0.25) is 0 Å². The van der Waals surface area contributed by atoms with Crippen LogP contribution in [0.4, 0.5) is 0 Å². The highest BCUT2D eigenvalue weighted by Crippen LogP contribution is 2.14. The molecule has 0 unspecified atom stereocenters. The first-order valence-corrected chi connectivity index (χ1v) is 14.3. The highest BCUT2D eigenvalue weighted by atomic mass is 16.5. The third-order valence-electron chi connectivity index (χ3n) is 6.88. The van der Waals surface area contributed by atoms with E-state index >= 15 is 0 Å². The molecular weight excluding hydrogens is 414 g/mol. The molecule has 2 nitrogen and oxygen atoms in total. The van der Waals surface area contributed by atoms with Crippen molar-refractivity contribution in [2.45, 2.75) is 117 Å². The molecule has 0 radical (unpaired) electrons. The van der Waals surface area contributed by atoms with Gasteiger partial charge in [-0.1, -0.05) is 101 Å². The summed E-state index contributed by atoms with van der Waals surface area (Å²) in [6.07, 6.45) is 19.6. The molecule has 2 aromatic carbocycles. The number of rotatable bonds is 20. The minimum Gasteiger partial charge on any atom is -0.314 e. The van der Waals surface area contributed by atoms with Gasteiger partial charge in [-0.3, -0.25) is 0 Å². The lowest BCUT2D eigenvalue weighted by molar-refractivity contribution is -0.0923. The van der Waals surface area contributed by atoms with E-state index in [1.165, 1.54) is 91.5 Å². The van der Waals surface area contributed by atoms with Crippen molar-refractivity contribution in [3.63, 3.8) is 0 Å². The summed E-state index contributed by atoms with van der Waals surface area (Å²) in [5.74, 6) is 0. The zero-order chi connectivity index (χ0) is 24.3. The zero-order valence-electron chi connectivity index (χ0n) is 22.2. The van der Waals surface area contributed by atoms with Crippen LogP contribution < -0.4 is 0 Å². The predicted octanol–water partition coefficient (Wildman–Crippen LogP) is 8.97. The summed E-state index contributed by atoms with van der Waals surface area (Å²) >= 11 is 0. The monoisotopic (exact) mass is 465 g/mol. The Morgan fingerprint density at radius 2 is 0.853 bits per heavy atom. The molecule has 0 spiro atoms. The predicted molar refractivity (Wildman–Crippen MR) is 148 cm³/mol. The summed E-state index contributed by atoms with van der Waals surface area (Å²) in [5.41, 5.74) is 5.87. The molecule has 0 aliphatic heterocycles. The molecule has 2 aromatic rings. The van der Waals surface area contributed by atoms with Crippen LogP contribution in [0.15, 0.2) is 48.5 Å². The van der Waals surface area contributed by atoms with Crippen LogP contribution in [0.5, 0.6) is 0 Å². The summed E-state index contributed by atoms with van der Waals surface area (Å²) in [7, 11) is 0. The van der Waals surface area contributed by atoms with Crippen molar-refractivity contribution in [1.29, 1.82) is 0 Å². The minimum absolute atomic E-state index is 0.782. The fourth-order valence-corrected chi connectivity index (χ4v) is 4.75. The summed E-state index contributed by atoms with van der Waals surface area (Å²) < 4.78 is 0. The molecule has 2 heteroatoms. The zero-order valence-corrected chi connectivity index (χ0v) is 22.2. The van der Waals surface area contributed by atoms with Gasteiger partial charge in [-0.15, -0.1) is 0 Å². The van der Waals surface area contributed by atoms with Crippen molar-refractivity contribution in [1.82, 2.24) is 5.06 Å². The van der Waals surface area contributed by atoms with Crippen molar-refractivity contribution in [3.8, 4) is 0 Å². The second-order valence-electron chi connectivity index (χ2n) is 10.1. The van der Waals surface area contributed by atoms with Gasteiger partial charge in [0.2, 0.25) is 0 Å². The third-order valence-corrected chi connectivity index (χ3v) is 6.88. The van der Waals surface area contributed by atoms with E-state index in [-0.39, 0.29) is 0 Å². The Hall–Kier alpha value is -1.64. The van der Waals surface area contributed by atoms with Crippen LogP contribution in [0.3, 0.4) is 0 Å². The highest BCUT2D eigenvalue weighted by molar-refractivity contribution is 5.24. The quantitative estimate of drug-likeness (QED) is 0.156. The number of benzene rings is 2. The van der Waals surface area contributed by atoms with Gasteiger partial charge in [-0.25, -0.2) is 0 Å². The summed E-state index contributed by atoms with van der Waals surface area (Å²) in [6, 6.07) is 18.3. The molecular formula is C32H51NO. The molecule has 1 N–H and O–H groups in total. The second-order valence-corrected chi connectivity index (χ2v) is 10.1. The summed E-state index contributed by atoms with van der Waals surface area (Å²) in [5, 5.41) is 11.8. The molecule has 0 aliphatic carbocycles. The molecule has 0 fully saturated rings. The van der Waals surface area contributed by atoms with Gasteiger partial charge in [0.05, 0.1) is 0 Å². The van der Waals surface area contributed by atoms with E-state index in [0.29, 0.717) is 0 Å². The topological polar surface area (TPSA) is 23.5 Å². The SMILES string of the molecule is CCCCCCc1cccc(CCCCN(O)CCCCc2cccc(CCCCCC)c2)c1. The van der Waals surface area contributed by atoms with Crippen LogP contribution >= 0.6 is 0 Å². The van der Waals surface area contributed by atoms with Gasteiger partial charge in [0.15, 0.2) is 0 Å². The van der Waals surface area contributed by atoms with Crippen molar-refractivity contribution in [3.05, 3.63) is 70.8 Å². The molecule has 34 heavy (non-hydrogen) atoms. The lowest BCUT2D eigenvalue weighted by Crippen LogP contribution is -2.22. The number of aryl methyl sites for hydroxylation is 4. The Morgan fingerprint density at radius 1 is 0.500 bits per heavy atom. The van der Waals surface area contributed by atoms with Crippen LogP contribution in [-0.2, 0) is 25.7 Å². The van der Waals surface area contributed by atoms with E-state index < -0.39 is 0 Å². The maximum atomic E-state index is 10.2. The Balaban J connectivity index is 1.54. The number of nitrogens with zero attached hydrogens (tertiary/aromatic N) is 1. The van der Waals surface area contributed by atoms with Crippen molar-refractivity contribution in [2.75, 3.05) is 13.1 Å². The number of hydroxylamine groups is 2. The fourth-order valence-electron chi connectivity index (χ4n) is 4.75. The Bertz CT molecular complexity index is 693. The number of hydrogen-bond acceptors (Lipinski definition) is 2. The van der Waals surface area contributed by atoms with Gasteiger partial charge in [-0.05, 0) is 86.5 Å². The second kappa shape index (κ2) is 18.7. The first-order chi connectivity index (χ1) is 16.7. The van der Waals surface area contributed by atoms with Gasteiger partial charge in [0.25, 0.3) is 0 Å². The van der Waals surface area contributed by atoms with E-state index in [0.717, 1.165) is 51.6 Å². The van der Waals surface area contributed by atoms with E-state index in [1.54, 1.807) is 0 Å². The van der Waals surface area contributed by atoms with Crippen molar-refractivity contribution >= 4 is 0 Å². The van der Waals surface area contributed by atoms with Gasteiger partial charge >= 0.3 is 0 Å². The van der Waals surface area contributed by atoms with E-state index in [1.807, 2.05) is 0 Å². The minimum atomic E-state index is 0.782. The van der Waals surface area contributed by atoms with Gasteiger partial charge in [0, 0.05) is 13.1 Å². The third kappa shape index (κ3) is 13.3. The standard InChI is InChI=1S/C32H51NO/c1-3-5-7-9-17-29-21-15-23-31(27-29)19-11-13-25-33(34)26-14-12-20-32-24-16-22-30(28-32)18-10-8-6-4-2/h15-16,21-24,27-28,34H,3-14,17-20,25-26H2,1-2H3. The largest absolute Gasteiger partial charge is 0.314 e. The van der Waals surface area contributed by atoms with E-state index in [4.69, 9.17) is 0 Å². The Morgan fingerprint density at radius 3 is 1.21 bits per heavy atom. The van der Waals surface area contributed by atoms with Crippen LogP contribution in [0.1, 0.15) is 113 Å². The van der Waals surface area contributed by atoms with E-state index in [9.17, 15) is 5.21 Å². The fraction of sp³-hybridized carbons (Fsp3) is 0.625. The highest BCUT2D eigenvalue weighted by Gasteiger charge is 2.03. The molecule has 2 rings (SSSR count). The molecule has 0 aliphatic rings. The van der Waals surface area contributed by atoms with Crippen LogP contribution in [0, 0.1) is 0 Å². The normalized spacial score (nSPS) is 11.4. The van der Waals surface area contributed by atoms with Gasteiger partial charge in [0.1, 0.15) is 0 Å². The average Bonchev–Trinajstić information content (AvgIpc) is 2.86. The maximum absolute atomic E-state index is 10.2. The molecule has 0 heterocycles. The lowest BCUT2D eigenvalue weighted by atomic mass is 10.0. The molecule has 0 atom stereocenters. The molecule has 0 saturated carbocycles. The van der Waals surface area contributed by atoms with Gasteiger partial charge < -0.3 is 5.21 Å². The van der Waals surface area contributed by atoms with E-state index in [2.05, 4.69) is 62.4 Å².